The number of likely N-dealkylation sites (N-methyl/N-ethyl adjacent to an activating group) is 1. The summed E-state index contributed by atoms with van der Waals surface area (Å²) in [6.45, 7) is 3.98. The Balaban J connectivity index is 1.88. The molecule has 0 aromatic heterocycles. The minimum absolute atomic E-state index is 0.116. The number of rotatable bonds is 7. The molecule has 0 fully saturated rings. The maximum Gasteiger partial charge on any atom is 0.241 e. The lowest BCUT2D eigenvalue weighted by Gasteiger charge is -2.23. The standard InChI is InChI=1S/C20H24BrN3O2/c1-4-15-9-11-16(12-10-15)22-20(26)14(2)24(3)13-19(25)23-18-8-6-5-7-17(18)21/h5-12,14H,4,13H2,1-3H3,(H,22,26)(H,23,25)/t14-/m1/s1. The number of hydrogen-bond donors (Lipinski definition) is 2. The average molecular weight is 418 g/mol. The second kappa shape index (κ2) is 9.50. The highest BCUT2D eigenvalue weighted by Gasteiger charge is 2.20. The number of halogens is 1. The largest absolute Gasteiger partial charge is 0.325 e. The van der Waals surface area contributed by atoms with Crippen molar-refractivity contribution in [1.29, 1.82) is 0 Å². The Hall–Kier alpha value is -2.18. The van der Waals surface area contributed by atoms with Crippen LogP contribution in [0.3, 0.4) is 0 Å². The van der Waals surface area contributed by atoms with Crippen molar-refractivity contribution in [2.45, 2.75) is 26.3 Å². The van der Waals surface area contributed by atoms with Crippen LogP contribution in [0, 0.1) is 0 Å². The number of anilines is 2. The van der Waals surface area contributed by atoms with E-state index in [4.69, 9.17) is 0 Å². The zero-order valence-electron chi connectivity index (χ0n) is 15.3. The van der Waals surface area contributed by atoms with E-state index in [1.165, 1.54) is 5.56 Å². The monoisotopic (exact) mass is 417 g/mol. The third kappa shape index (κ3) is 5.68. The molecular formula is C20H24BrN3O2. The van der Waals surface area contributed by atoms with Crippen molar-refractivity contribution >= 4 is 39.1 Å². The molecule has 26 heavy (non-hydrogen) atoms. The van der Waals surface area contributed by atoms with E-state index in [9.17, 15) is 9.59 Å². The molecule has 138 valence electrons. The molecule has 2 rings (SSSR count). The van der Waals surface area contributed by atoms with E-state index in [-0.39, 0.29) is 18.4 Å². The fourth-order valence-electron chi connectivity index (χ4n) is 2.39. The van der Waals surface area contributed by atoms with Crippen LogP contribution >= 0.6 is 15.9 Å². The van der Waals surface area contributed by atoms with Crippen molar-refractivity contribution in [2.75, 3.05) is 24.2 Å². The minimum atomic E-state index is -0.439. The number of amides is 2. The Morgan fingerprint density at radius 2 is 1.73 bits per heavy atom. The second-order valence-electron chi connectivity index (χ2n) is 6.16. The van der Waals surface area contributed by atoms with E-state index < -0.39 is 6.04 Å². The van der Waals surface area contributed by atoms with Crippen LogP contribution in [-0.4, -0.2) is 36.3 Å². The number of para-hydroxylation sites is 1. The third-order valence-corrected chi connectivity index (χ3v) is 4.90. The molecule has 5 nitrogen and oxygen atoms in total. The highest BCUT2D eigenvalue weighted by atomic mass is 79.9. The van der Waals surface area contributed by atoms with Crippen LogP contribution in [0.1, 0.15) is 19.4 Å². The molecule has 2 aromatic carbocycles. The summed E-state index contributed by atoms with van der Waals surface area (Å²) in [5.74, 6) is -0.322. The minimum Gasteiger partial charge on any atom is -0.325 e. The van der Waals surface area contributed by atoms with E-state index in [0.29, 0.717) is 5.69 Å². The summed E-state index contributed by atoms with van der Waals surface area (Å²) >= 11 is 3.40. The lowest BCUT2D eigenvalue weighted by Crippen LogP contribution is -2.43. The van der Waals surface area contributed by atoms with Crippen molar-refractivity contribution in [3.8, 4) is 0 Å². The van der Waals surface area contributed by atoms with Crippen molar-refractivity contribution in [2.24, 2.45) is 0 Å². The Bertz CT molecular complexity index is 762. The van der Waals surface area contributed by atoms with Crippen LogP contribution in [0.15, 0.2) is 53.0 Å². The zero-order chi connectivity index (χ0) is 19.1. The first-order valence-electron chi connectivity index (χ1n) is 8.55. The summed E-state index contributed by atoms with van der Waals surface area (Å²) in [5, 5.41) is 5.72. The maximum atomic E-state index is 12.4. The van der Waals surface area contributed by atoms with Gasteiger partial charge >= 0.3 is 0 Å². The maximum absolute atomic E-state index is 12.4. The van der Waals surface area contributed by atoms with Gasteiger partial charge in [-0.1, -0.05) is 31.2 Å². The number of nitrogens with zero attached hydrogens (tertiary/aromatic N) is 1. The number of carbonyl (C=O) groups excluding carboxylic acids is 2. The van der Waals surface area contributed by atoms with Crippen LogP contribution in [0.25, 0.3) is 0 Å². The third-order valence-electron chi connectivity index (χ3n) is 4.21. The van der Waals surface area contributed by atoms with E-state index in [0.717, 1.165) is 16.6 Å². The van der Waals surface area contributed by atoms with Crippen LogP contribution in [0.5, 0.6) is 0 Å². The molecule has 2 amide bonds. The summed E-state index contributed by atoms with van der Waals surface area (Å²) in [6, 6.07) is 14.7. The van der Waals surface area contributed by atoms with Gasteiger partial charge in [-0.15, -0.1) is 0 Å². The van der Waals surface area contributed by atoms with Gasteiger partial charge < -0.3 is 10.6 Å². The molecule has 0 bridgehead atoms. The molecule has 0 radical (unpaired) electrons. The summed E-state index contributed by atoms with van der Waals surface area (Å²) in [5.41, 5.74) is 2.68. The van der Waals surface area contributed by atoms with Crippen LogP contribution in [0.2, 0.25) is 0 Å². The van der Waals surface area contributed by atoms with E-state index >= 15 is 0 Å². The molecule has 2 aromatic rings. The molecule has 0 spiro atoms. The average Bonchev–Trinajstić information content (AvgIpc) is 2.63. The quantitative estimate of drug-likeness (QED) is 0.717. The molecule has 1 atom stereocenters. The van der Waals surface area contributed by atoms with Crippen molar-refractivity contribution in [3.63, 3.8) is 0 Å². The van der Waals surface area contributed by atoms with Crippen molar-refractivity contribution in [3.05, 3.63) is 58.6 Å². The Morgan fingerprint density at radius 1 is 1.08 bits per heavy atom. The van der Waals surface area contributed by atoms with Gasteiger partial charge in [0.25, 0.3) is 0 Å². The summed E-state index contributed by atoms with van der Waals surface area (Å²) < 4.78 is 0.817. The molecule has 0 aliphatic heterocycles. The summed E-state index contributed by atoms with van der Waals surface area (Å²) in [4.78, 5) is 26.3. The first kappa shape index (κ1) is 20.1. The van der Waals surface area contributed by atoms with Gasteiger partial charge in [-0.3, -0.25) is 14.5 Å². The normalized spacial score (nSPS) is 11.9. The molecule has 0 saturated carbocycles. The first-order chi connectivity index (χ1) is 12.4. The van der Waals surface area contributed by atoms with Gasteiger partial charge in [0.05, 0.1) is 18.3 Å². The number of hydrogen-bond acceptors (Lipinski definition) is 3. The fraction of sp³-hybridized carbons (Fsp3) is 0.300. The fourth-order valence-corrected chi connectivity index (χ4v) is 2.77. The van der Waals surface area contributed by atoms with Gasteiger partial charge in [-0.2, -0.15) is 0 Å². The van der Waals surface area contributed by atoms with Gasteiger partial charge in [0, 0.05) is 10.2 Å². The van der Waals surface area contributed by atoms with Crippen molar-refractivity contribution < 1.29 is 9.59 Å². The summed E-state index contributed by atoms with van der Waals surface area (Å²) in [6.07, 6.45) is 0.958. The van der Waals surface area contributed by atoms with Gasteiger partial charge in [0.15, 0.2) is 0 Å². The molecule has 0 unspecified atom stereocenters. The van der Waals surface area contributed by atoms with Gasteiger partial charge in [-0.05, 0) is 66.2 Å². The van der Waals surface area contributed by atoms with Crippen molar-refractivity contribution in [1.82, 2.24) is 4.90 Å². The highest BCUT2D eigenvalue weighted by Crippen LogP contribution is 2.21. The van der Waals surface area contributed by atoms with Crippen LogP contribution < -0.4 is 10.6 Å². The van der Waals surface area contributed by atoms with E-state index in [1.807, 2.05) is 48.5 Å². The Kier molecular flexibility index (Phi) is 7.36. The SMILES string of the molecule is CCc1ccc(NC(=O)[C@@H](C)N(C)CC(=O)Nc2ccccc2Br)cc1. The number of aryl methyl sites for hydroxylation is 1. The number of nitrogens with one attached hydrogen (secondary N) is 2. The smallest absolute Gasteiger partial charge is 0.241 e. The second-order valence-corrected chi connectivity index (χ2v) is 7.01. The predicted octanol–water partition coefficient (Wildman–Crippen LogP) is 3.91. The zero-order valence-corrected chi connectivity index (χ0v) is 16.8. The molecule has 0 aliphatic carbocycles. The van der Waals surface area contributed by atoms with Gasteiger partial charge in [0.1, 0.15) is 0 Å². The molecule has 0 aliphatic rings. The molecular weight excluding hydrogens is 394 g/mol. The number of benzene rings is 2. The molecule has 0 heterocycles. The van der Waals surface area contributed by atoms with E-state index in [1.54, 1.807) is 18.9 Å². The predicted molar refractivity (Wildman–Crippen MR) is 109 cm³/mol. The molecule has 0 saturated heterocycles. The van der Waals surface area contributed by atoms with Crippen LogP contribution in [0.4, 0.5) is 11.4 Å². The molecule has 2 N–H and O–H groups in total. The lowest BCUT2D eigenvalue weighted by atomic mass is 10.1. The topological polar surface area (TPSA) is 61.4 Å². The Morgan fingerprint density at radius 3 is 2.35 bits per heavy atom. The highest BCUT2D eigenvalue weighted by molar-refractivity contribution is 9.10. The summed E-state index contributed by atoms with van der Waals surface area (Å²) in [7, 11) is 1.75. The van der Waals surface area contributed by atoms with Gasteiger partial charge in [0.2, 0.25) is 11.8 Å². The molecule has 6 heteroatoms. The van der Waals surface area contributed by atoms with Crippen LogP contribution in [-0.2, 0) is 16.0 Å². The first-order valence-corrected chi connectivity index (χ1v) is 9.34. The van der Waals surface area contributed by atoms with E-state index in [2.05, 4.69) is 33.5 Å². The number of carbonyl (C=O) groups is 2. The van der Waals surface area contributed by atoms with Gasteiger partial charge in [-0.25, -0.2) is 0 Å². The lowest BCUT2D eigenvalue weighted by molar-refractivity contribution is -0.122. The Labute approximate surface area is 162 Å².